The molecule has 1 N–H and O–H groups in total. The first-order valence-electron chi connectivity index (χ1n) is 5.14. The third-order valence-electron chi connectivity index (χ3n) is 2.31. The van der Waals surface area contributed by atoms with Crippen molar-refractivity contribution in [1.82, 2.24) is 4.98 Å². The molecule has 1 aromatic heterocycles. The third kappa shape index (κ3) is 2.78. The second-order valence-electron chi connectivity index (χ2n) is 3.66. The van der Waals surface area contributed by atoms with Crippen LogP contribution in [0.25, 0.3) is 0 Å². The Morgan fingerprint density at radius 1 is 1.33 bits per heavy atom. The Hall–Kier alpha value is -2.08. The van der Waals surface area contributed by atoms with E-state index in [1.807, 2.05) is 0 Å². The van der Waals surface area contributed by atoms with Crippen LogP contribution >= 0.6 is 11.8 Å². The zero-order valence-corrected chi connectivity index (χ0v) is 10.3. The van der Waals surface area contributed by atoms with E-state index in [2.05, 4.69) is 4.98 Å². The summed E-state index contributed by atoms with van der Waals surface area (Å²) < 4.78 is 0. The first-order valence-corrected chi connectivity index (χ1v) is 5.96. The van der Waals surface area contributed by atoms with Gasteiger partial charge >= 0.3 is 0 Å². The first kappa shape index (κ1) is 12.4. The van der Waals surface area contributed by atoms with E-state index in [0.29, 0.717) is 10.6 Å². The Labute approximate surface area is 108 Å². The minimum atomic E-state index is -0.447. The number of hydrogen-bond acceptors (Lipinski definition) is 5. The molecule has 0 radical (unpaired) electrons. The summed E-state index contributed by atoms with van der Waals surface area (Å²) in [6, 6.07) is 8.37. The summed E-state index contributed by atoms with van der Waals surface area (Å²) in [6.45, 7) is 1.68. The molecule has 1 heterocycles. The van der Waals surface area contributed by atoms with Crippen LogP contribution in [0.1, 0.15) is 5.56 Å². The Morgan fingerprint density at radius 2 is 2.00 bits per heavy atom. The van der Waals surface area contributed by atoms with Crippen molar-refractivity contribution < 1.29 is 10.0 Å². The van der Waals surface area contributed by atoms with Gasteiger partial charge in [0.2, 0.25) is 0 Å². The fraction of sp³-hybridized carbons (Fsp3) is 0.0833. The number of nitro groups is 1. The highest BCUT2D eigenvalue weighted by atomic mass is 32.2. The minimum Gasteiger partial charge on any atom is -0.508 e. The lowest BCUT2D eigenvalue weighted by Crippen LogP contribution is -1.93. The molecule has 2 rings (SSSR count). The maximum absolute atomic E-state index is 10.7. The van der Waals surface area contributed by atoms with Gasteiger partial charge in [0.05, 0.1) is 4.92 Å². The number of aromatic hydroxyl groups is 1. The number of pyridine rings is 1. The lowest BCUT2D eigenvalue weighted by Gasteiger charge is -2.02. The summed E-state index contributed by atoms with van der Waals surface area (Å²) in [5.74, 6) is 0.201. The summed E-state index contributed by atoms with van der Waals surface area (Å²) in [7, 11) is 0. The van der Waals surface area contributed by atoms with Crippen molar-refractivity contribution in [3.05, 3.63) is 52.2 Å². The van der Waals surface area contributed by atoms with E-state index in [-0.39, 0.29) is 11.4 Å². The van der Waals surface area contributed by atoms with Crippen LogP contribution in [0.2, 0.25) is 0 Å². The van der Waals surface area contributed by atoms with Gasteiger partial charge in [0, 0.05) is 10.5 Å². The maximum Gasteiger partial charge on any atom is 0.290 e. The van der Waals surface area contributed by atoms with Crippen molar-refractivity contribution in [1.29, 1.82) is 0 Å². The molecule has 18 heavy (non-hydrogen) atoms. The Kier molecular flexibility index (Phi) is 3.47. The molecule has 0 spiro atoms. The van der Waals surface area contributed by atoms with Gasteiger partial charge in [-0.2, -0.15) is 0 Å². The molecule has 0 atom stereocenters. The smallest absolute Gasteiger partial charge is 0.290 e. The molecule has 0 aliphatic heterocycles. The van der Waals surface area contributed by atoms with Gasteiger partial charge in [-0.05, 0) is 37.3 Å². The van der Waals surface area contributed by atoms with Crippen LogP contribution in [0.4, 0.5) is 5.69 Å². The van der Waals surface area contributed by atoms with Crippen molar-refractivity contribution in [3.63, 3.8) is 0 Å². The zero-order valence-electron chi connectivity index (χ0n) is 9.53. The highest BCUT2D eigenvalue weighted by molar-refractivity contribution is 7.99. The molecule has 0 aliphatic rings. The molecular weight excluding hydrogens is 252 g/mol. The summed E-state index contributed by atoms with van der Waals surface area (Å²) in [4.78, 5) is 15.2. The molecule has 0 aliphatic carbocycles. The van der Waals surface area contributed by atoms with Crippen molar-refractivity contribution >= 4 is 17.4 Å². The van der Waals surface area contributed by atoms with Gasteiger partial charge in [-0.3, -0.25) is 10.1 Å². The van der Waals surface area contributed by atoms with E-state index in [1.165, 1.54) is 18.0 Å². The summed E-state index contributed by atoms with van der Waals surface area (Å²) in [5, 5.41) is 20.5. The van der Waals surface area contributed by atoms with Crippen LogP contribution in [-0.2, 0) is 0 Å². The lowest BCUT2D eigenvalue weighted by atomic mass is 10.3. The van der Waals surface area contributed by atoms with E-state index in [1.54, 1.807) is 37.3 Å². The summed E-state index contributed by atoms with van der Waals surface area (Å²) in [5.41, 5.74) is 0.598. The van der Waals surface area contributed by atoms with Gasteiger partial charge in [-0.25, -0.2) is 4.98 Å². The third-order valence-corrected chi connectivity index (χ3v) is 3.25. The average Bonchev–Trinajstić information content (AvgIpc) is 2.32. The number of benzene rings is 1. The van der Waals surface area contributed by atoms with E-state index in [9.17, 15) is 10.1 Å². The Balaban J connectivity index is 2.22. The molecule has 0 unspecified atom stereocenters. The van der Waals surface area contributed by atoms with Gasteiger partial charge in [0.25, 0.3) is 5.69 Å². The van der Waals surface area contributed by atoms with Crippen LogP contribution in [0.15, 0.2) is 46.5 Å². The van der Waals surface area contributed by atoms with E-state index >= 15 is 0 Å². The molecule has 0 fully saturated rings. The molecule has 0 saturated carbocycles. The highest BCUT2D eigenvalue weighted by Crippen LogP contribution is 2.29. The second-order valence-corrected chi connectivity index (χ2v) is 4.76. The van der Waals surface area contributed by atoms with Crippen LogP contribution < -0.4 is 0 Å². The van der Waals surface area contributed by atoms with Gasteiger partial charge in [-0.1, -0.05) is 11.8 Å². The van der Waals surface area contributed by atoms with Gasteiger partial charge in [0.15, 0.2) is 0 Å². The summed E-state index contributed by atoms with van der Waals surface area (Å²) in [6.07, 6.45) is 1.26. The van der Waals surface area contributed by atoms with Gasteiger partial charge in [-0.15, -0.1) is 0 Å². The zero-order chi connectivity index (χ0) is 13.1. The number of hydrogen-bond donors (Lipinski definition) is 1. The van der Waals surface area contributed by atoms with Crippen LogP contribution in [0, 0.1) is 17.0 Å². The number of phenolic OH excluding ortho intramolecular Hbond substituents is 1. The summed E-state index contributed by atoms with van der Waals surface area (Å²) >= 11 is 1.39. The molecule has 0 bridgehead atoms. The van der Waals surface area contributed by atoms with Gasteiger partial charge in [0.1, 0.15) is 17.0 Å². The van der Waals surface area contributed by atoms with E-state index in [4.69, 9.17) is 5.11 Å². The molecule has 5 nitrogen and oxygen atoms in total. The number of nitrogens with zero attached hydrogens (tertiary/aromatic N) is 2. The van der Waals surface area contributed by atoms with Crippen molar-refractivity contribution in [3.8, 4) is 5.75 Å². The highest BCUT2D eigenvalue weighted by Gasteiger charge is 2.11. The molecule has 2 aromatic rings. The SMILES string of the molecule is Cc1cc(Sc2ccc(O)cc2)ncc1[N+](=O)[O-]. The van der Waals surface area contributed by atoms with Crippen molar-refractivity contribution in [2.75, 3.05) is 0 Å². The maximum atomic E-state index is 10.7. The average molecular weight is 262 g/mol. The number of aromatic nitrogens is 1. The van der Waals surface area contributed by atoms with Crippen LogP contribution in [-0.4, -0.2) is 15.0 Å². The number of phenols is 1. The topological polar surface area (TPSA) is 76.3 Å². The van der Waals surface area contributed by atoms with E-state index in [0.717, 1.165) is 4.90 Å². The van der Waals surface area contributed by atoms with Crippen molar-refractivity contribution in [2.24, 2.45) is 0 Å². The predicted octanol–water partition coefficient (Wildman–Crippen LogP) is 3.16. The van der Waals surface area contributed by atoms with Gasteiger partial charge < -0.3 is 5.11 Å². The fourth-order valence-electron chi connectivity index (χ4n) is 1.40. The quantitative estimate of drug-likeness (QED) is 0.679. The number of rotatable bonds is 3. The second kappa shape index (κ2) is 5.05. The molecule has 6 heteroatoms. The number of aryl methyl sites for hydroxylation is 1. The molecule has 1 aromatic carbocycles. The van der Waals surface area contributed by atoms with E-state index < -0.39 is 4.92 Å². The standard InChI is InChI=1S/C12H10N2O3S/c1-8-6-12(13-7-11(8)14(16)17)18-10-4-2-9(15)3-5-10/h2-7,15H,1H3. The monoisotopic (exact) mass is 262 g/mol. The molecule has 0 amide bonds. The Morgan fingerprint density at radius 3 is 2.56 bits per heavy atom. The fourth-order valence-corrected chi connectivity index (χ4v) is 2.26. The predicted molar refractivity (Wildman–Crippen MR) is 67.9 cm³/mol. The normalized spacial score (nSPS) is 10.3. The molecule has 0 saturated heterocycles. The van der Waals surface area contributed by atoms with Crippen molar-refractivity contribution in [2.45, 2.75) is 16.8 Å². The minimum absolute atomic E-state index is 0.0186. The first-order chi connectivity index (χ1) is 8.56. The van der Waals surface area contributed by atoms with Crippen LogP contribution in [0.5, 0.6) is 5.75 Å². The Bertz CT molecular complexity index is 584. The molecule has 92 valence electrons. The van der Waals surface area contributed by atoms with Crippen LogP contribution in [0.3, 0.4) is 0 Å². The lowest BCUT2D eigenvalue weighted by molar-refractivity contribution is -0.385. The largest absolute Gasteiger partial charge is 0.508 e. The molecular formula is C12H10N2O3S.